The minimum absolute atomic E-state index is 0.0670. The van der Waals surface area contributed by atoms with Crippen LogP contribution in [-0.4, -0.2) is 33.0 Å². The number of carbonyl (C=O) groups is 3. The molecule has 2 heterocycles. The first-order valence-corrected chi connectivity index (χ1v) is 10.2. The zero-order valence-corrected chi connectivity index (χ0v) is 17.0. The van der Waals surface area contributed by atoms with E-state index in [0.717, 1.165) is 28.2 Å². The van der Waals surface area contributed by atoms with Crippen molar-refractivity contribution in [3.05, 3.63) is 70.8 Å². The zero-order valence-electron chi connectivity index (χ0n) is 16.2. The highest BCUT2D eigenvalue weighted by Gasteiger charge is 2.28. The zero-order chi connectivity index (χ0) is 22.0. The molecule has 1 aliphatic heterocycles. The molecule has 5 N–H and O–H groups in total. The van der Waals surface area contributed by atoms with Crippen molar-refractivity contribution in [2.24, 2.45) is 10.7 Å². The Labute approximate surface area is 181 Å². The summed E-state index contributed by atoms with van der Waals surface area (Å²) >= 11 is 1.14. The maximum atomic E-state index is 12.7. The number of amides is 2. The van der Waals surface area contributed by atoms with Crippen LogP contribution in [0.4, 0.5) is 5.69 Å². The van der Waals surface area contributed by atoms with Crippen molar-refractivity contribution in [3.63, 3.8) is 0 Å². The van der Waals surface area contributed by atoms with E-state index in [1.54, 1.807) is 30.5 Å². The Kier molecular flexibility index (Phi) is 5.59. The largest absolute Gasteiger partial charge is 0.481 e. The lowest BCUT2D eigenvalue weighted by Crippen LogP contribution is -2.12. The molecule has 0 atom stereocenters. The quantitative estimate of drug-likeness (QED) is 0.440. The predicted molar refractivity (Wildman–Crippen MR) is 120 cm³/mol. The average Bonchev–Trinajstić information content (AvgIpc) is 3.30. The molecule has 8 nitrogen and oxygen atoms in total. The van der Waals surface area contributed by atoms with Crippen LogP contribution in [0, 0.1) is 0 Å². The number of amidine groups is 1. The molecular formula is C22H18N4O4S. The SMILES string of the molecule is NC(=O)CC(=C1SC(Nc2ccc(CC(=O)O)cc2)=NC1=O)c1c[nH]c2ccccc12. The van der Waals surface area contributed by atoms with Gasteiger partial charge in [-0.15, -0.1) is 0 Å². The molecule has 1 aromatic heterocycles. The Hall–Kier alpha value is -3.85. The number of aliphatic carboxylic acids is 1. The first-order valence-electron chi connectivity index (χ1n) is 9.37. The van der Waals surface area contributed by atoms with Crippen molar-refractivity contribution in [2.45, 2.75) is 12.8 Å². The van der Waals surface area contributed by atoms with Crippen molar-refractivity contribution in [3.8, 4) is 0 Å². The van der Waals surface area contributed by atoms with Gasteiger partial charge >= 0.3 is 5.97 Å². The molecule has 4 rings (SSSR count). The predicted octanol–water partition coefficient (Wildman–Crippen LogP) is 3.12. The van der Waals surface area contributed by atoms with Gasteiger partial charge in [-0.3, -0.25) is 14.4 Å². The van der Waals surface area contributed by atoms with E-state index in [1.807, 2.05) is 24.3 Å². The number of hydrogen-bond donors (Lipinski definition) is 4. The van der Waals surface area contributed by atoms with Crippen molar-refractivity contribution in [2.75, 3.05) is 5.32 Å². The number of nitrogens with one attached hydrogen (secondary N) is 2. The molecule has 0 bridgehead atoms. The molecule has 156 valence electrons. The number of primary amides is 1. The van der Waals surface area contributed by atoms with Gasteiger partial charge in [0.05, 0.1) is 17.7 Å². The Bertz CT molecular complexity index is 1260. The van der Waals surface area contributed by atoms with Crippen molar-refractivity contribution in [1.29, 1.82) is 0 Å². The summed E-state index contributed by atoms with van der Waals surface area (Å²) < 4.78 is 0. The van der Waals surface area contributed by atoms with Gasteiger partial charge in [0.15, 0.2) is 5.17 Å². The minimum Gasteiger partial charge on any atom is -0.481 e. The monoisotopic (exact) mass is 434 g/mol. The summed E-state index contributed by atoms with van der Waals surface area (Å²) in [6.45, 7) is 0. The number of aliphatic imine (C=N–C) groups is 1. The van der Waals surface area contributed by atoms with Crippen LogP contribution in [0.5, 0.6) is 0 Å². The van der Waals surface area contributed by atoms with E-state index in [-0.39, 0.29) is 12.8 Å². The summed E-state index contributed by atoms with van der Waals surface area (Å²) in [5.41, 5.74) is 8.94. The van der Waals surface area contributed by atoms with E-state index in [1.165, 1.54) is 0 Å². The Morgan fingerprint density at radius 3 is 2.58 bits per heavy atom. The fourth-order valence-corrected chi connectivity index (χ4v) is 4.28. The fourth-order valence-electron chi connectivity index (χ4n) is 3.35. The Morgan fingerprint density at radius 2 is 1.87 bits per heavy atom. The second-order valence-corrected chi connectivity index (χ2v) is 7.91. The second-order valence-electron chi connectivity index (χ2n) is 6.92. The molecule has 1 aliphatic rings. The molecule has 9 heteroatoms. The van der Waals surface area contributed by atoms with Crippen molar-refractivity contribution >= 4 is 56.9 Å². The Morgan fingerprint density at radius 1 is 1.13 bits per heavy atom. The van der Waals surface area contributed by atoms with Crippen molar-refractivity contribution in [1.82, 2.24) is 4.98 Å². The lowest BCUT2D eigenvalue weighted by atomic mass is 10.0. The number of aromatic amines is 1. The number of hydrogen-bond acceptors (Lipinski definition) is 5. The first kappa shape index (κ1) is 20.4. The highest BCUT2D eigenvalue weighted by Crippen LogP contribution is 2.38. The molecular weight excluding hydrogens is 416 g/mol. The maximum Gasteiger partial charge on any atom is 0.307 e. The highest BCUT2D eigenvalue weighted by molar-refractivity contribution is 8.18. The summed E-state index contributed by atoms with van der Waals surface area (Å²) in [7, 11) is 0. The van der Waals surface area contributed by atoms with Crippen LogP contribution in [-0.2, 0) is 20.8 Å². The van der Waals surface area contributed by atoms with Gasteiger partial charge in [-0.1, -0.05) is 30.3 Å². The number of nitrogens with two attached hydrogens (primary N) is 1. The molecule has 0 saturated carbocycles. The number of para-hydroxylation sites is 1. The van der Waals surface area contributed by atoms with Crippen LogP contribution in [0.3, 0.4) is 0 Å². The van der Waals surface area contributed by atoms with Gasteiger partial charge in [-0.2, -0.15) is 4.99 Å². The highest BCUT2D eigenvalue weighted by atomic mass is 32.2. The number of rotatable bonds is 6. The van der Waals surface area contributed by atoms with Gasteiger partial charge in [-0.05, 0) is 41.1 Å². The van der Waals surface area contributed by atoms with Gasteiger partial charge in [0.2, 0.25) is 5.91 Å². The number of H-pyrrole nitrogens is 1. The number of aromatic nitrogens is 1. The number of thioether (sulfide) groups is 1. The molecule has 0 saturated heterocycles. The van der Waals surface area contributed by atoms with Crippen LogP contribution in [0.25, 0.3) is 16.5 Å². The molecule has 3 aromatic rings. The number of carboxylic acid groups (broad SMARTS) is 1. The van der Waals surface area contributed by atoms with E-state index in [9.17, 15) is 14.4 Å². The molecule has 0 spiro atoms. The van der Waals surface area contributed by atoms with E-state index in [4.69, 9.17) is 10.8 Å². The van der Waals surface area contributed by atoms with E-state index < -0.39 is 17.8 Å². The first-order chi connectivity index (χ1) is 14.9. The smallest absolute Gasteiger partial charge is 0.307 e. The van der Waals surface area contributed by atoms with Gasteiger partial charge in [0, 0.05) is 28.4 Å². The van der Waals surface area contributed by atoms with Gasteiger partial charge in [0.25, 0.3) is 5.91 Å². The van der Waals surface area contributed by atoms with Crippen LogP contribution in [0.2, 0.25) is 0 Å². The summed E-state index contributed by atoms with van der Waals surface area (Å²) in [6.07, 6.45) is 1.60. The van der Waals surface area contributed by atoms with Crippen LogP contribution >= 0.6 is 11.8 Å². The molecule has 0 fully saturated rings. The van der Waals surface area contributed by atoms with Crippen LogP contribution in [0.15, 0.2) is 64.6 Å². The van der Waals surface area contributed by atoms with Crippen LogP contribution in [0.1, 0.15) is 17.5 Å². The number of anilines is 1. The summed E-state index contributed by atoms with van der Waals surface area (Å²) in [5.74, 6) is -1.90. The number of benzene rings is 2. The molecule has 2 aromatic carbocycles. The number of carbonyl (C=O) groups excluding carboxylic acids is 2. The molecule has 0 aliphatic carbocycles. The summed E-state index contributed by atoms with van der Waals surface area (Å²) in [4.78, 5) is 42.8. The van der Waals surface area contributed by atoms with Gasteiger partial charge in [0.1, 0.15) is 0 Å². The van der Waals surface area contributed by atoms with E-state index in [0.29, 0.717) is 26.9 Å². The normalized spacial score (nSPS) is 15.1. The minimum atomic E-state index is -0.906. The standard InChI is InChI=1S/C22H18N4O4S/c23-18(27)10-15(16-11-24-17-4-2-1-3-14(16)17)20-21(30)26-22(31-20)25-13-7-5-12(6-8-13)9-19(28)29/h1-8,11,24H,9-10H2,(H2,23,27)(H,28,29)(H,25,26,30). The van der Waals surface area contributed by atoms with Gasteiger partial charge < -0.3 is 21.1 Å². The summed E-state index contributed by atoms with van der Waals surface area (Å²) in [5, 5.41) is 13.2. The lowest BCUT2D eigenvalue weighted by Gasteiger charge is -2.09. The number of carboxylic acids is 1. The maximum absolute atomic E-state index is 12.7. The third kappa shape index (κ3) is 4.51. The average molecular weight is 434 g/mol. The van der Waals surface area contributed by atoms with E-state index >= 15 is 0 Å². The van der Waals surface area contributed by atoms with Crippen molar-refractivity contribution < 1.29 is 19.5 Å². The second kappa shape index (κ2) is 8.49. The van der Waals surface area contributed by atoms with Gasteiger partial charge in [-0.25, -0.2) is 0 Å². The molecule has 0 radical (unpaired) electrons. The third-order valence-electron chi connectivity index (χ3n) is 4.70. The topological polar surface area (TPSA) is 138 Å². The molecule has 2 amide bonds. The number of fused-ring (bicyclic) bond motifs is 1. The molecule has 31 heavy (non-hydrogen) atoms. The van der Waals surface area contributed by atoms with E-state index in [2.05, 4.69) is 15.3 Å². The Balaban J connectivity index is 1.62. The number of nitrogens with zero attached hydrogens (tertiary/aromatic N) is 1. The summed E-state index contributed by atoms with van der Waals surface area (Å²) in [6, 6.07) is 14.4. The van der Waals surface area contributed by atoms with Crippen LogP contribution < -0.4 is 11.1 Å². The lowest BCUT2D eigenvalue weighted by molar-refractivity contribution is -0.136. The fraction of sp³-hybridized carbons (Fsp3) is 0.0909. The molecule has 0 unspecified atom stereocenters. The third-order valence-corrected chi connectivity index (χ3v) is 5.71.